The third-order valence-corrected chi connectivity index (χ3v) is 2.75. The summed E-state index contributed by atoms with van der Waals surface area (Å²) in [6.07, 6.45) is 0. The van der Waals surface area contributed by atoms with Gasteiger partial charge in [0, 0.05) is 18.2 Å². The monoisotopic (exact) mass is 281 g/mol. The minimum atomic E-state index is -0.405. The molecule has 1 unspecified atom stereocenters. The number of benzene rings is 1. The van der Waals surface area contributed by atoms with Crippen LogP contribution in [0.5, 0.6) is 11.5 Å². The quantitative estimate of drug-likeness (QED) is 0.690. The van der Waals surface area contributed by atoms with Crippen LogP contribution in [0.25, 0.3) is 0 Å². The third kappa shape index (κ3) is 3.94. The van der Waals surface area contributed by atoms with Gasteiger partial charge in [-0.15, -0.1) is 0 Å². The number of nitrogen functional groups attached to an aromatic ring is 1. The Morgan fingerprint density at radius 3 is 2.20 bits per heavy atom. The smallest absolute Gasteiger partial charge is 0.242 e. The zero-order chi connectivity index (χ0) is 15.3. The number of amides is 1. The van der Waals surface area contributed by atoms with Crippen LogP contribution in [0, 0.1) is 0 Å². The van der Waals surface area contributed by atoms with Crippen LogP contribution in [0.15, 0.2) is 12.1 Å². The lowest BCUT2D eigenvalue weighted by Crippen LogP contribution is -2.41. The number of carbonyl (C=O) groups is 1. The summed E-state index contributed by atoms with van der Waals surface area (Å²) in [5.74, 6) is 1.02. The Hall–Kier alpha value is -2.11. The summed E-state index contributed by atoms with van der Waals surface area (Å²) in [6.45, 7) is 5.60. The van der Waals surface area contributed by atoms with E-state index in [4.69, 9.17) is 15.2 Å². The highest BCUT2D eigenvalue weighted by Crippen LogP contribution is 2.35. The van der Waals surface area contributed by atoms with Crippen molar-refractivity contribution in [1.82, 2.24) is 5.32 Å². The van der Waals surface area contributed by atoms with Gasteiger partial charge in [0.2, 0.25) is 5.91 Å². The molecule has 4 N–H and O–H groups in total. The molecule has 0 heterocycles. The molecule has 0 bridgehead atoms. The predicted molar refractivity (Wildman–Crippen MR) is 80.3 cm³/mol. The number of ether oxygens (including phenoxy) is 2. The van der Waals surface area contributed by atoms with Crippen LogP contribution in [0.1, 0.15) is 20.8 Å². The molecule has 0 spiro atoms. The molecule has 20 heavy (non-hydrogen) atoms. The zero-order valence-corrected chi connectivity index (χ0v) is 12.6. The minimum absolute atomic E-state index is 0.0887. The standard InChI is InChI=1S/C14H23N3O3/c1-8(2)16-14(18)9(3)17-11-7-13(20-5)12(19-4)6-10(11)15/h6-9,17H,15H2,1-5H3,(H,16,18). The van der Waals surface area contributed by atoms with Gasteiger partial charge in [0.15, 0.2) is 11.5 Å². The molecular weight excluding hydrogens is 258 g/mol. The second-order valence-corrected chi connectivity index (χ2v) is 4.82. The van der Waals surface area contributed by atoms with Crippen molar-refractivity contribution in [2.45, 2.75) is 32.9 Å². The van der Waals surface area contributed by atoms with E-state index in [1.165, 1.54) is 0 Å². The summed E-state index contributed by atoms with van der Waals surface area (Å²) >= 11 is 0. The van der Waals surface area contributed by atoms with Crippen LogP contribution in [-0.4, -0.2) is 32.2 Å². The Kier molecular flexibility index (Phi) is 5.49. The number of carbonyl (C=O) groups excluding carboxylic acids is 1. The van der Waals surface area contributed by atoms with Crippen molar-refractivity contribution in [3.63, 3.8) is 0 Å². The Morgan fingerprint density at radius 1 is 1.15 bits per heavy atom. The maximum Gasteiger partial charge on any atom is 0.242 e. The lowest BCUT2D eigenvalue weighted by atomic mass is 10.2. The molecule has 0 aliphatic heterocycles. The van der Waals surface area contributed by atoms with Crippen LogP contribution < -0.4 is 25.8 Å². The molecule has 1 atom stereocenters. The van der Waals surface area contributed by atoms with Crippen LogP contribution >= 0.6 is 0 Å². The van der Waals surface area contributed by atoms with E-state index >= 15 is 0 Å². The SMILES string of the molecule is COc1cc(N)c(NC(C)C(=O)NC(C)C)cc1OC. The molecule has 0 radical (unpaired) electrons. The molecule has 0 saturated carbocycles. The molecule has 0 saturated heterocycles. The highest BCUT2D eigenvalue weighted by atomic mass is 16.5. The van der Waals surface area contributed by atoms with Gasteiger partial charge in [-0.05, 0) is 20.8 Å². The first-order chi connectivity index (χ1) is 9.38. The fraction of sp³-hybridized carbons (Fsp3) is 0.500. The van der Waals surface area contributed by atoms with Gasteiger partial charge >= 0.3 is 0 Å². The molecule has 0 aliphatic carbocycles. The van der Waals surface area contributed by atoms with E-state index < -0.39 is 6.04 Å². The highest BCUT2D eigenvalue weighted by molar-refractivity contribution is 5.86. The van der Waals surface area contributed by atoms with E-state index in [1.54, 1.807) is 33.3 Å². The van der Waals surface area contributed by atoms with Gasteiger partial charge in [0.1, 0.15) is 6.04 Å². The maximum absolute atomic E-state index is 11.9. The van der Waals surface area contributed by atoms with E-state index in [0.717, 1.165) is 0 Å². The van der Waals surface area contributed by atoms with E-state index in [0.29, 0.717) is 22.9 Å². The molecule has 1 aromatic rings. The van der Waals surface area contributed by atoms with Gasteiger partial charge in [-0.1, -0.05) is 0 Å². The Bertz CT molecular complexity index is 475. The first kappa shape index (κ1) is 15.9. The number of hydrogen-bond donors (Lipinski definition) is 3. The normalized spacial score (nSPS) is 11.9. The van der Waals surface area contributed by atoms with Crippen LogP contribution in [0.4, 0.5) is 11.4 Å². The van der Waals surface area contributed by atoms with Gasteiger partial charge in [0.05, 0.1) is 25.6 Å². The molecule has 112 valence electrons. The second-order valence-electron chi connectivity index (χ2n) is 4.82. The van der Waals surface area contributed by atoms with Crippen molar-refractivity contribution < 1.29 is 14.3 Å². The van der Waals surface area contributed by atoms with Gasteiger partial charge in [-0.25, -0.2) is 0 Å². The van der Waals surface area contributed by atoms with Gasteiger partial charge < -0.3 is 25.8 Å². The number of rotatable bonds is 6. The molecular formula is C14H23N3O3. The average molecular weight is 281 g/mol. The molecule has 1 rings (SSSR count). The van der Waals surface area contributed by atoms with E-state index in [-0.39, 0.29) is 11.9 Å². The largest absolute Gasteiger partial charge is 0.493 e. The molecule has 1 amide bonds. The Labute approximate surface area is 119 Å². The summed E-state index contributed by atoms with van der Waals surface area (Å²) < 4.78 is 10.4. The summed E-state index contributed by atoms with van der Waals surface area (Å²) in [6, 6.07) is 3.06. The average Bonchev–Trinajstić information content (AvgIpc) is 2.39. The molecule has 1 aromatic carbocycles. The van der Waals surface area contributed by atoms with Crippen molar-refractivity contribution >= 4 is 17.3 Å². The Morgan fingerprint density at radius 2 is 1.70 bits per heavy atom. The lowest BCUT2D eigenvalue weighted by Gasteiger charge is -2.19. The van der Waals surface area contributed by atoms with E-state index in [1.807, 2.05) is 13.8 Å². The van der Waals surface area contributed by atoms with E-state index in [2.05, 4.69) is 10.6 Å². The molecule has 0 aliphatic rings. The van der Waals surface area contributed by atoms with Gasteiger partial charge in [-0.3, -0.25) is 4.79 Å². The van der Waals surface area contributed by atoms with Crippen molar-refractivity contribution in [3.05, 3.63) is 12.1 Å². The third-order valence-electron chi connectivity index (χ3n) is 2.75. The first-order valence-corrected chi connectivity index (χ1v) is 6.47. The predicted octanol–water partition coefficient (Wildman–Crippen LogP) is 1.61. The zero-order valence-electron chi connectivity index (χ0n) is 12.6. The van der Waals surface area contributed by atoms with Gasteiger partial charge in [0.25, 0.3) is 0 Å². The van der Waals surface area contributed by atoms with Crippen LogP contribution in [0.3, 0.4) is 0 Å². The molecule has 6 nitrogen and oxygen atoms in total. The number of methoxy groups -OCH3 is 2. The number of nitrogens with one attached hydrogen (secondary N) is 2. The molecule has 0 fully saturated rings. The van der Waals surface area contributed by atoms with Crippen LogP contribution in [0.2, 0.25) is 0 Å². The topological polar surface area (TPSA) is 85.6 Å². The van der Waals surface area contributed by atoms with E-state index in [9.17, 15) is 4.79 Å². The highest BCUT2D eigenvalue weighted by Gasteiger charge is 2.16. The number of nitrogens with two attached hydrogens (primary N) is 1. The maximum atomic E-state index is 11.9. The number of hydrogen-bond acceptors (Lipinski definition) is 5. The Balaban J connectivity index is 2.89. The summed E-state index contributed by atoms with van der Waals surface area (Å²) in [5, 5.41) is 5.90. The first-order valence-electron chi connectivity index (χ1n) is 6.47. The molecule has 0 aromatic heterocycles. The second kappa shape index (κ2) is 6.88. The van der Waals surface area contributed by atoms with Crippen molar-refractivity contribution in [2.75, 3.05) is 25.3 Å². The fourth-order valence-electron chi connectivity index (χ4n) is 1.73. The van der Waals surface area contributed by atoms with Crippen molar-refractivity contribution in [3.8, 4) is 11.5 Å². The lowest BCUT2D eigenvalue weighted by molar-refractivity contribution is -0.122. The summed E-state index contributed by atoms with van der Waals surface area (Å²) in [4.78, 5) is 11.9. The minimum Gasteiger partial charge on any atom is -0.493 e. The molecule has 6 heteroatoms. The summed E-state index contributed by atoms with van der Waals surface area (Å²) in [5.41, 5.74) is 7.07. The van der Waals surface area contributed by atoms with Crippen LogP contribution in [-0.2, 0) is 4.79 Å². The van der Waals surface area contributed by atoms with Crippen molar-refractivity contribution in [2.24, 2.45) is 0 Å². The van der Waals surface area contributed by atoms with Gasteiger partial charge in [-0.2, -0.15) is 0 Å². The number of anilines is 2. The summed E-state index contributed by atoms with van der Waals surface area (Å²) in [7, 11) is 3.09. The fourth-order valence-corrected chi connectivity index (χ4v) is 1.73. The van der Waals surface area contributed by atoms with Crippen molar-refractivity contribution in [1.29, 1.82) is 0 Å².